The van der Waals surface area contributed by atoms with Crippen LogP contribution in [0, 0.1) is 5.82 Å². The number of thioether (sulfide) groups is 1. The summed E-state index contributed by atoms with van der Waals surface area (Å²) in [5.41, 5.74) is 6.42. The number of rotatable bonds is 3. The van der Waals surface area contributed by atoms with Crippen LogP contribution in [0.2, 0.25) is 0 Å². The standard InChI is InChI=1S/C12H11FN2S/c13-10-5-1-2-6-11(10)16-8-9-4-3-7-12(14)15-9/h1-7H,8H2,(H2,14,15). The van der Waals surface area contributed by atoms with E-state index < -0.39 is 0 Å². The Labute approximate surface area is 97.7 Å². The van der Waals surface area contributed by atoms with Gasteiger partial charge in [-0.3, -0.25) is 0 Å². The molecular formula is C12H11FN2S. The maximum Gasteiger partial charge on any atom is 0.136 e. The zero-order valence-corrected chi connectivity index (χ0v) is 9.38. The Kier molecular flexibility index (Phi) is 3.41. The van der Waals surface area contributed by atoms with Crippen LogP contribution in [0.4, 0.5) is 10.2 Å². The zero-order valence-electron chi connectivity index (χ0n) is 8.56. The molecule has 0 bridgehead atoms. The summed E-state index contributed by atoms with van der Waals surface area (Å²) >= 11 is 1.42. The number of nitrogen functional groups attached to an aromatic ring is 1. The molecule has 1 aromatic heterocycles. The molecular weight excluding hydrogens is 223 g/mol. The molecule has 1 heterocycles. The van der Waals surface area contributed by atoms with E-state index in [2.05, 4.69) is 4.98 Å². The molecule has 0 aliphatic rings. The number of benzene rings is 1. The number of anilines is 1. The van der Waals surface area contributed by atoms with E-state index in [1.807, 2.05) is 18.2 Å². The number of halogens is 1. The Morgan fingerprint density at radius 3 is 2.69 bits per heavy atom. The van der Waals surface area contributed by atoms with Crippen LogP contribution in [0.25, 0.3) is 0 Å². The topological polar surface area (TPSA) is 38.9 Å². The van der Waals surface area contributed by atoms with Gasteiger partial charge in [-0.25, -0.2) is 9.37 Å². The molecule has 2 aromatic rings. The molecule has 16 heavy (non-hydrogen) atoms. The molecule has 0 aliphatic heterocycles. The largest absolute Gasteiger partial charge is 0.384 e. The molecule has 2 nitrogen and oxygen atoms in total. The summed E-state index contributed by atoms with van der Waals surface area (Å²) in [6, 6.07) is 12.2. The first-order chi connectivity index (χ1) is 7.75. The summed E-state index contributed by atoms with van der Waals surface area (Å²) < 4.78 is 13.3. The van der Waals surface area contributed by atoms with Gasteiger partial charge >= 0.3 is 0 Å². The van der Waals surface area contributed by atoms with Crippen molar-refractivity contribution < 1.29 is 4.39 Å². The van der Waals surface area contributed by atoms with Crippen molar-refractivity contribution in [3.8, 4) is 0 Å². The minimum absolute atomic E-state index is 0.198. The second-order valence-electron chi connectivity index (χ2n) is 3.27. The predicted molar refractivity (Wildman–Crippen MR) is 64.6 cm³/mol. The van der Waals surface area contributed by atoms with Gasteiger partial charge in [0.2, 0.25) is 0 Å². The first-order valence-corrected chi connectivity index (χ1v) is 5.83. The van der Waals surface area contributed by atoms with E-state index in [9.17, 15) is 4.39 Å². The second kappa shape index (κ2) is 4.99. The Morgan fingerprint density at radius 2 is 1.94 bits per heavy atom. The molecule has 0 fully saturated rings. The van der Waals surface area contributed by atoms with Gasteiger partial charge in [-0.2, -0.15) is 0 Å². The maximum absolute atomic E-state index is 13.3. The molecule has 2 N–H and O–H groups in total. The molecule has 0 radical (unpaired) electrons. The summed E-state index contributed by atoms with van der Waals surface area (Å²) in [4.78, 5) is 4.78. The van der Waals surface area contributed by atoms with Crippen LogP contribution in [-0.4, -0.2) is 4.98 Å². The van der Waals surface area contributed by atoms with Crippen molar-refractivity contribution in [2.45, 2.75) is 10.6 Å². The van der Waals surface area contributed by atoms with E-state index >= 15 is 0 Å². The van der Waals surface area contributed by atoms with E-state index in [4.69, 9.17) is 5.73 Å². The van der Waals surface area contributed by atoms with Gasteiger partial charge in [-0.15, -0.1) is 11.8 Å². The molecule has 0 saturated carbocycles. The lowest BCUT2D eigenvalue weighted by Crippen LogP contribution is -1.93. The van der Waals surface area contributed by atoms with Crippen LogP contribution in [-0.2, 0) is 5.75 Å². The van der Waals surface area contributed by atoms with Gasteiger partial charge in [-0.05, 0) is 24.3 Å². The molecule has 82 valence electrons. The lowest BCUT2D eigenvalue weighted by molar-refractivity contribution is 0.602. The van der Waals surface area contributed by atoms with Crippen LogP contribution in [0.5, 0.6) is 0 Å². The first kappa shape index (κ1) is 11.0. The molecule has 0 unspecified atom stereocenters. The highest BCUT2D eigenvalue weighted by Crippen LogP contribution is 2.24. The van der Waals surface area contributed by atoms with E-state index in [0.717, 1.165) is 5.69 Å². The fourth-order valence-corrected chi connectivity index (χ4v) is 2.14. The molecule has 0 saturated heterocycles. The van der Waals surface area contributed by atoms with Gasteiger partial charge < -0.3 is 5.73 Å². The van der Waals surface area contributed by atoms with E-state index in [1.54, 1.807) is 18.2 Å². The maximum atomic E-state index is 13.3. The third-order valence-corrected chi connectivity index (χ3v) is 3.12. The van der Waals surface area contributed by atoms with Crippen molar-refractivity contribution >= 4 is 17.6 Å². The molecule has 0 spiro atoms. The number of nitrogens with zero attached hydrogens (tertiary/aromatic N) is 1. The molecule has 1 aromatic carbocycles. The van der Waals surface area contributed by atoms with Crippen LogP contribution in [0.1, 0.15) is 5.69 Å². The Balaban J connectivity index is 2.05. The van der Waals surface area contributed by atoms with Crippen LogP contribution in [0.3, 0.4) is 0 Å². The quantitative estimate of drug-likeness (QED) is 0.829. The summed E-state index contributed by atoms with van der Waals surface area (Å²) in [5.74, 6) is 0.912. The molecule has 0 amide bonds. The first-order valence-electron chi connectivity index (χ1n) is 4.84. The van der Waals surface area contributed by atoms with E-state index in [-0.39, 0.29) is 5.82 Å². The SMILES string of the molecule is Nc1cccc(CSc2ccccc2F)n1. The van der Waals surface area contributed by atoms with Crippen molar-refractivity contribution in [3.63, 3.8) is 0 Å². The highest BCUT2D eigenvalue weighted by atomic mass is 32.2. The van der Waals surface area contributed by atoms with Crippen LogP contribution >= 0.6 is 11.8 Å². The van der Waals surface area contributed by atoms with Crippen molar-refractivity contribution in [2.24, 2.45) is 0 Å². The summed E-state index contributed by atoms with van der Waals surface area (Å²) in [7, 11) is 0. The number of aromatic nitrogens is 1. The van der Waals surface area contributed by atoms with Crippen molar-refractivity contribution in [1.29, 1.82) is 0 Å². The number of hydrogen-bond donors (Lipinski definition) is 1. The smallest absolute Gasteiger partial charge is 0.136 e. The molecule has 2 rings (SSSR count). The average molecular weight is 234 g/mol. The minimum Gasteiger partial charge on any atom is -0.384 e. The molecule has 4 heteroatoms. The molecule has 0 aliphatic carbocycles. The Morgan fingerprint density at radius 1 is 1.12 bits per heavy atom. The van der Waals surface area contributed by atoms with Gasteiger partial charge in [0.05, 0.1) is 5.69 Å². The number of hydrogen-bond acceptors (Lipinski definition) is 3. The van der Waals surface area contributed by atoms with Crippen molar-refractivity contribution in [1.82, 2.24) is 4.98 Å². The van der Waals surface area contributed by atoms with Gasteiger partial charge in [0, 0.05) is 10.6 Å². The normalized spacial score (nSPS) is 10.3. The monoisotopic (exact) mass is 234 g/mol. The zero-order chi connectivity index (χ0) is 11.4. The van der Waals surface area contributed by atoms with Gasteiger partial charge in [0.15, 0.2) is 0 Å². The lowest BCUT2D eigenvalue weighted by atomic mass is 10.3. The molecule has 0 atom stereocenters. The van der Waals surface area contributed by atoms with E-state index in [1.165, 1.54) is 17.8 Å². The average Bonchev–Trinajstić information content (AvgIpc) is 2.28. The number of pyridine rings is 1. The van der Waals surface area contributed by atoms with Gasteiger partial charge in [0.25, 0.3) is 0 Å². The Hall–Kier alpha value is -1.55. The van der Waals surface area contributed by atoms with Crippen molar-refractivity contribution in [2.75, 3.05) is 5.73 Å². The Bertz CT molecular complexity index is 488. The third kappa shape index (κ3) is 2.73. The highest BCUT2D eigenvalue weighted by molar-refractivity contribution is 7.98. The third-order valence-electron chi connectivity index (χ3n) is 2.04. The fraction of sp³-hybridized carbons (Fsp3) is 0.0833. The summed E-state index contributed by atoms with van der Waals surface area (Å²) in [6.07, 6.45) is 0. The highest BCUT2D eigenvalue weighted by Gasteiger charge is 2.02. The summed E-state index contributed by atoms with van der Waals surface area (Å²) in [5, 5.41) is 0. The minimum atomic E-state index is -0.198. The second-order valence-corrected chi connectivity index (χ2v) is 4.29. The summed E-state index contributed by atoms with van der Waals surface area (Å²) in [6.45, 7) is 0. The van der Waals surface area contributed by atoms with E-state index in [0.29, 0.717) is 16.5 Å². The van der Waals surface area contributed by atoms with Gasteiger partial charge in [-0.1, -0.05) is 18.2 Å². The van der Waals surface area contributed by atoms with Gasteiger partial charge in [0.1, 0.15) is 11.6 Å². The van der Waals surface area contributed by atoms with Crippen LogP contribution in [0.15, 0.2) is 47.4 Å². The lowest BCUT2D eigenvalue weighted by Gasteiger charge is -2.03. The van der Waals surface area contributed by atoms with Crippen molar-refractivity contribution in [3.05, 3.63) is 54.0 Å². The fourth-order valence-electron chi connectivity index (χ4n) is 1.29. The van der Waals surface area contributed by atoms with Crippen LogP contribution < -0.4 is 5.73 Å². The predicted octanol–water partition coefficient (Wildman–Crippen LogP) is 3.10. The number of nitrogens with two attached hydrogens (primary N) is 1.